The zero-order valence-corrected chi connectivity index (χ0v) is 3.94. The summed E-state index contributed by atoms with van der Waals surface area (Å²) < 4.78 is 33.2. The molecular weight excluding hydrogens is 121 g/mol. The van der Waals surface area contributed by atoms with Crippen LogP contribution in [-0.4, -0.2) is 19.1 Å². The van der Waals surface area contributed by atoms with E-state index >= 15 is 0 Å². The van der Waals surface area contributed by atoms with Gasteiger partial charge in [0.05, 0.1) is 6.34 Å². The Bertz CT molecular complexity index is 85.0. The first-order valence-electron chi connectivity index (χ1n) is 1.83. The van der Waals surface area contributed by atoms with Crippen molar-refractivity contribution >= 4 is 6.34 Å². The monoisotopic (exact) mass is 126 g/mol. The molecule has 0 bridgehead atoms. The fraction of sp³-hybridized carbons (Fsp3) is 0.667. The number of nitrogens with zero attached hydrogens (tertiary/aromatic N) is 1. The van der Waals surface area contributed by atoms with Crippen molar-refractivity contribution < 1.29 is 13.2 Å². The van der Waals surface area contributed by atoms with Crippen LogP contribution in [0.4, 0.5) is 13.2 Å². The summed E-state index contributed by atoms with van der Waals surface area (Å²) in [5, 5.41) is 0. The highest BCUT2D eigenvalue weighted by Crippen LogP contribution is 2.13. The highest BCUT2D eigenvalue weighted by Gasteiger charge is 2.25. The first kappa shape index (κ1) is 7.26. The molecule has 0 spiro atoms. The molecule has 0 atom stereocenters. The quantitative estimate of drug-likeness (QED) is 0.404. The van der Waals surface area contributed by atoms with Gasteiger partial charge in [-0.2, -0.15) is 13.2 Å². The molecule has 5 heteroatoms. The third-order valence-electron chi connectivity index (χ3n) is 0.376. The maximum atomic E-state index is 11.1. The van der Waals surface area contributed by atoms with Crippen LogP contribution in [0.5, 0.6) is 0 Å². The minimum atomic E-state index is -4.23. The number of aliphatic imine (C=N–C) groups is 1. The molecule has 48 valence electrons. The number of rotatable bonds is 1. The molecule has 0 rings (SSSR count). The van der Waals surface area contributed by atoms with E-state index in [1.807, 2.05) is 0 Å². The molecule has 0 amide bonds. The molecule has 0 aromatic rings. The van der Waals surface area contributed by atoms with E-state index in [1.54, 1.807) is 0 Å². The number of hydrogen-bond donors (Lipinski definition) is 1. The summed E-state index contributed by atoms with van der Waals surface area (Å²) in [5.74, 6) is 0. The number of halogens is 3. The Labute approximate surface area is 44.2 Å². The maximum Gasteiger partial charge on any atom is 0.408 e. The second kappa shape index (κ2) is 2.54. The molecule has 0 radical (unpaired) electrons. The van der Waals surface area contributed by atoms with Gasteiger partial charge in [0.25, 0.3) is 0 Å². The summed E-state index contributed by atoms with van der Waals surface area (Å²) >= 11 is 0. The van der Waals surface area contributed by atoms with Gasteiger partial charge in [-0.05, 0) is 0 Å². The van der Waals surface area contributed by atoms with E-state index in [2.05, 4.69) is 10.7 Å². The number of alkyl halides is 3. The van der Waals surface area contributed by atoms with E-state index in [4.69, 9.17) is 0 Å². The molecule has 0 aliphatic rings. The summed E-state index contributed by atoms with van der Waals surface area (Å²) in [6, 6.07) is 0. The van der Waals surface area contributed by atoms with Crippen molar-refractivity contribution in [1.29, 1.82) is 0 Å². The Morgan fingerprint density at radius 1 is 1.50 bits per heavy atom. The lowest BCUT2D eigenvalue weighted by atomic mass is 10.7. The zero-order chi connectivity index (χ0) is 6.62. The summed E-state index contributed by atoms with van der Waals surface area (Å²) in [5.41, 5.74) is 4.54. The molecule has 0 saturated carbocycles. The van der Waals surface area contributed by atoms with Crippen LogP contribution in [0.15, 0.2) is 4.99 Å². The molecule has 0 aromatic carbocycles. The van der Waals surface area contributed by atoms with E-state index in [-0.39, 0.29) is 0 Å². The van der Waals surface area contributed by atoms with Crippen molar-refractivity contribution in [2.75, 3.05) is 6.54 Å². The van der Waals surface area contributed by atoms with E-state index in [0.717, 1.165) is 0 Å². The van der Waals surface area contributed by atoms with Crippen LogP contribution in [0.3, 0.4) is 0 Å². The minimum absolute atomic E-state index is 0.632. The Morgan fingerprint density at radius 2 is 2.00 bits per heavy atom. The Balaban J connectivity index is 3.39. The topological polar surface area (TPSA) is 38.4 Å². The standard InChI is InChI=1S/C3H5F3N2/c4-3(5,6)1-8-2-7/h2H,1H2,(H2,7,8). The normalized spacial score (nSPS) is 12.9. The van der Waals surface area contributed by atoms with Gasteiger partial charge in [0.2, 0.25) is 0 Å². The van der Waals surface area contributed by atoms with Crippen LogP contribution in [-0.2, 0) is 0 Å². The Kier molecular flexibility index (Phi) is 2.30. The van der Waals surface area contributed by atoms with Crippen LogP contribution < -0.4 is 5.73 Å². The van der Waals surface area contributed by atoms with Crippen LogP contribution in [0.25, 0.3) is 0 Å². The Morgan fingerprint density at radius 3 is 2.12 bits per heavy atom. The smallest absolute Gasteiger partial charge is 0.390 e. The van der Waals surface area contributed by atoms with E-state index in [1.165, 1.54) is 0 Å². The molecule has 0 unspecified atom stereocenters. The molecule has 2 nitrogen and oxygen atoms in total. The highest BCUT2D eigenvalue weighted by molar-refractivity contribution is 5.51. The SMILES string of the molecule is NC=NCC(F)(F)F. The largest absolute Gasteiger partial charge is 0.408 e. The number of nitrogens with two attached hydrogens (primary N) is 1. The van der Waals surface area contributed by atoms with Crippen molar-refractivity contribution in [1.82, 2.24) is 0 Å². The van der Waals surface area contributed by atoms with E-state index in [9.17, 15) is 13.2 Å². The van der Waals surface area contributed by atoms with Crippen molar-refractivity contribution in [2.24, 2.45) is 10.7 Å². The first-order valence-corrected chi connectivity index (χ1v) is 1.83. The third kappa shape index (κ3) is 5.26. The van der Waals surface area contributed by atoms with Crippen LogP contribution in [0, 0.1) is 0 Å². The predicted octanol–water partition coefficient (Wildman–Crippen LogP) is 0.536. The van der Waals surface area contributed by atoms with Gasteiger partial charge >= 0.3 is 6.18 Å². The van der Waals surface area contributed by atoms with Crippen LogP contribution in [0.1, 0.15) is 0 Å². The second-order valence-electron chi connectivity index (χ2n) is 1.10. The van der Waals surface area contributed by atoms with Gasteiger partial charge in [-0.15, -0.1) is 0 Å². The van der Waals surface area contributed by atoms with Gasteiger partial charge in [0.1, 0.15) is 6.54 Å². The van der Waals surface area contributed by atoms with Crippen LogP contribution in [0.2, 0.25) is 0 Å². The predicted molar refractivity (Wildman–Crippen MR) is 23.6 cm³/mol. The average Bonchev–Trinajstić information content (AvgIpc) is 1.59. The van der Waals surface area contributed by atoms with Crippen LogP contribution >= 0.6 is 0 Å². The molecule has 2 N–H and O–H groups in total. The van der Waals surface area contributed by atoms with Gasteiger partial charge < -0.3 is 5.73 Å². The van der Waals surface area contributed by atoms with Crippen molar-refractivity contribution in [3.8, 4) is 0 Å². The number of hydrogen-bond acceptors (Lipinski definition) is 1. The fourth-order valence-corrected chi connectivity index (χ4v) is 0.156. The summed E-state index contributed by atoms with van der Waals surface area (Å²) in [6.07, 6.45) is -3.59. The van der Waals surface area contributed by atoms with E-state index < -0.39 is 12.7 Å². The Hall–Kier alpha value is -0.740. The van der Waals surface area contributed by atoms with Gasteiger partial charge in [0, 0.05) is 0 Å². The van der Waals surface area contributed by atoms with Gasteiger partial charge in [-0.25, -0.2) is 0 Å². The zero-order valence-electron chi connectivity index (χ0n) is 3.94. The second-order valence-corrected chi connectivity index (χ2v) is 1.10. The molecule has 0 aliphatic carbocycles. The first-order chi connectivity index (χ1) is 3.56. The lowest BCUT2D eigenvalue weighted by Gasteiger charge is -1.98. The summed E-state index contributed by atoms with van der Waals surface area (Å²) in [6.45, 7) is -1.19. The molecule has 0 heterocycles. The molecular formula is C3H5F3N2. The molecule has 0 aromatic heterocycles. The third-order valence-corrected chi connectivity index (χ3v) is 0.376. The minimum Gasteiger partial charge on any atom is -0.390 e. The van der Waals surface area contributed by atoms with Gasteiger partial charge in [-0.3, -0.25) is 4.99 Å². The van der Waals surface area contributed by atoms with Crippen molar-refractivity contribution in [2.45, 2.75) is 6.18 Å². The fourth-order valence-electron chi connectivity index (χ4n) is 0.156. The van der Waals surface area contributed by atoms with Crippen molar-refractivity contribution in [3.05, 3.63) is 0 Å². The maximum absolute atomic E-state index is 11.1. The van der Waals surface area contributed by atoms with Gasteiger partial charge in [0.15, 0.2) is 0 Å². The molecule has 8 heavy (non-hydrogen) atoms. The van der Waals surface area contributed by atoms with Gasteiger partial charge in [-0.1, -0.05) is 0 Å². The summed E-state index contributed by atoms with van der Waals surface area (Å²) in [4.78, 5) is 2.77. The lowest BCUT2D eigenvalue weighted by Crippen LogP contribution is -2.12. The van der Waals surface area contributed by atoms with E-state index in [0.29, 0.717) is 6.34 Å². The van der Waals surface area contributed by atoms with Crippen molar-refractivity contribution in [3.63, 3.8) is 0 Å². The molecule has 0 saturated heterocycles. The lowest BCUT2D eigenvalue weighted by molar-refractivity contribution is -0.118. The molecule has 0 fully saturated rings. The molecule has 0 aliphatic heterocycles. The summed E-state index contributed by atoms with van der Waals surface area (Å²) in [7, 11) is 0. The highest BCUT2D eigenvalue weighted by atomic mass is 19.4. The average molecular weight is 126 g/mol.